The van der Waals surface area contributed by atoms with E-state index in [9.17, 15) is 13.2 Å². The van der Waals surface area contributed by atoms with Crippen LogP contribution in [0.15, 0.2) is 53.7 Å². The SMILES string of the molecule is FC(F)(F)Oc1ccc(-n2nnnc2SCc2cccc(Cl)c2)cc1. The molecule has 0 amide bonds. The van der Waals surface area contributed by atoms with Crippen molar-refractivity contribution in [3.8, 4) is 11.4 Å². The van der Waals surface area contributed by atoms with E-state index in [1.165, 1.54) is 40.7 Å². The summed E-state index contributed by atoms with van der Waals surface area (Å²) in [5, 5.41) is 12.6. The normalized spacial score (nSPS) is 11.5. The highest BCUT2D eigenvalue weighted by molar-refractivity contribution is 7.98. The Balaban J connectivity index is 1.73. The molecule has 25 heavy (non-hydrogen) atoms. The van der Waals surface area contributed by atoms with Gasteiger partial charge in [-0.2, -0.15) is 4.68 Å². The maximum atomic E-state index is 12.2. The third-order valence-corrected chi connectivity index (χ3v) is 4.24. The Hall–Kier alpha value is -2.26. The molecule has 3 aromatic rings. The summed E-state index contributed by atoms with van der Waals surface area (Å²) >= 11 is 7.33. The molecule has 1 heterocycles. The van der Waals surface area contributed by atoms with Crippen molar-refractivity contribution >= 4 is 23.4 Å². The topological polar surface area (TPSA) is 52.8 Å². The van der Waals surface area contributed by atoms with E-state index < -0.39 is 6.36 Å². The predicted octanol–water partition coefficient (Wildman–Crippen LogP) is 4.51. The quantitative estimate of drug-likeness (QED) is 0.604. The van der Waals surface area contributed by atoms with E-state index >= 15 is 0 Å². The lowest BCUT2D eigenvalue weighted by molar-refractivity contribution is -0.274. The van der Waals surface area contributed by atoms with Gasteiger partial charge in [0, 0.05) is 10.8 Å². The minimum absolute atomic E-state index is 0.308. The lowest BCUT2D eigenvalue weighted by atomic mass is 10.2. The zero-order valence-corrected chi connectivity index (χ0v) is 14.0. The summed E-state index contributed by atoms with van der Waals surface area (Å²) < 4.78 is 41.9. The molecule has 0 fully saturated rings. The number of thioether (sulfide) groups is 1. The molecule has 3 rings (SSSR count). The molecule has 130 valence electrons. The number of ether oxygens (including phenoxy) is 1. The standard InChI is InChI=1S/C15H10ClF3N4OS/c16-11-3-1-2-10(8-11)9-25-14-20-21-22-23(14)12-4-6-13(7-5-12)24-15(17,18)19/h1-8H,9H2. The Bertz CT molecular complexity index is 854. The number of benzene rings is 2. The summed E-state index contributed by atoms with van der Waals surface area (Å²) in [4.78, 5) is 0. The molecule has 2 aromatic carbocycles. The maximum absolute atomic E-state index is 12.2. The number of rotatable bonds is 5. The van der Waals surface area contributed by atoms with Gasteiger partial charge in [-0.05, 0) is 52.4 Å². The van der Waals surface area contributed by atoms with Gasteiger partial charge in [0.15, 0.2) is 0 Å². The number of hydrogen-bond acceptors (Lipinski definition) is 5. The number of hydrogen-bond donors (Lipinski definition) is 0. The van der Waals surface area contributed by atoms with Crippen molar-refractivity contribution in [2.45, 2.75) is 17.3 Å². The first kappa shape index (κ1) is 17.6. The Kier molecular flexibility index (Phi) is 5.14. The molecule has 0 saturated heterocycles. The average Bonchev–Trinajstić information content (AvgIpc) is 3.01. The van der Waals surface area contributed by atoms with Crippen LogP contribution in [-0.2, 0) is 5.75 Å². The highest BCUT2D eigenvalue weighted by atomic mass is 35.5. The molecule has 10 heteroatoms. The zero-order valence-electron chi connectivity index (χ0n) is 12.4. The molecule has 0 aliphatic carbocycles. The summed E-state index contributed by atoms with van der Waals surface area (Å²) in [5.41, 5.74) is 1.52. The van der Waals surface area contributed by atoms with Crippen LogP contribution in [0.25, 0.3) is 5.69 Å². The van der Waals surface area contributed by atoms with Crippen molar-refractivity contribution in [1.29, 1.82) is 0 Å². The van der Waals surface area contributed by atoms with E-state index in [1.54, 1.807) is 6.07 Å². The lowest BCUT2D eigenvalue weighted by Crippen LogP contribution is -2.17. The number of tetrazole rings is 1. The lowest BCUT2D eigenvalue weighted by Gasteiger charge is -2.09. The van der Waals surface area contributed by atoms with Crippen LogP contribution < -0.4 is 4.74 Å². The summed E-state index contributed by atoms with van der Waals surface area (Å²) in [6, 6.07) is 12.7. The molecule has 0 aliphatic heterocycles. The first-order valence-corrected chi connectivity index (χ1v) is 8.29. The van der Waals surface area contributed by atoms with Gasteiger partial charge >= 0.3 is 6.36 Å². The van der Waals surface area contributed by atoms with E-state index in [4.69, 9.17) is 11.6 Å². The monoisotopic (exact) mass is 386 g/mol. The predicted molar refractivity (Wildman–Crippen MR) is 86.9 cm³/mol. The highest BCUT2D eigenvalue weighted by Crippen LogP contribution is 2.26. The van der Waals surface area contributed by atoms with Crippen molar-refractivity contribution in [2.75, 3.05) is 0 Å². The van der Waals surface area contributed by atoms with Gasteiger partial charge in [-0.3, -0.25) is 0 Å². The van der Waals surface area contributed by atoms with Crippen LogP contribution in [0.5, 0.6) is 5.75 Å². The van der Waals surface area contributed by atoms with E-state index in [2.05, 4.69) is 20.3 Å². The fourth-order valence-electron chi connectivity index (χ4n) is 1.99. The van der Waals surface area contributed by atoms with Crippen molar-refractivity contribution < 1.29 is 17.9 Å². The Morgan fingerprint density at radius 3 is 2.56 bits per heavy atom. The highest BCUT2D eigenvalue weighted by Gasteiger charge is 2.31. The number of aromatic nitrogens is 4. The van der Waals surface area contributed by atoms with Gasteiger partial charge in [0.1, 0.15) is 5.75 Å². The van der Waals surface area contributed by atoms with E-state index in [-0.39, 0.29) is 5.75 Å². The molecule has 0 saturated carbocycles. The van der Waals surface area contributed by atoms with Crippen molar-refractivity contribution in [2.24, 2.45) is 0 Å². The fraction of sp³-hybridized carbons (Fsp3) is 0.133. The molecule has 1 aromatic heterocycles. The first-order valence-electron chi connectivity index (χ1n) is 6.92. The fourth-order valence-corrected chi connectivity index (χ4v) is 3.04. The minimum atomic E-state index is -4.73. The third-order valence-electron chi connectivity index (χ3n) is 3.01. The third kappa shape index (κ3) is 4.86. The first-order chi connectivity index (χ1) is 11.9. The number of alkyl halides is 3. The van der Waals surface area contributed by atoms with Gasteiger partial charge in [0.25, 0.3) is 0 Å². The second-order valence-corrected chi connectivity index (χ2v) is 6.21. The molecule has 0 spiro atoms. The van der Waals surface area contributed by atoms with Gasteiger partial charge in [0.2, 0.25) is 5.16 Å². The van der Waals surface area contributed by atoms with Gasteiger partial charge in [-0.1, -0.05) is 35.5 Å². The number of halogens is 4. The average molecular weight is 387 g/mol. The molecule has 5 nitrogen and oxygen atoms in total. The molecule has 0 unspecified atom stereocenters. The van der Waals surface area contributed by atoms with Gasteiger partial charge < -0.3 is 4.74 Å². The summed E-state index contributed by atoms with van der Waals surface area (Å²) in [5.74, 6) is 0.286. The van der Waals surface area contributed by atoms with Crippen LogP contribution in [0.2, 0.25) is 5.02 Å². The summed E-state index contributed by atoms with van der Waals surface area (Å²) in [6.45, 7) is 0. The van der Waals surface area contributed by atoms with Gasteiger partial charge in [-0.25, -0.2) is 0 Å². The molecular formula is C15H10ClF3N4OS. The zero-order chi connectivity index (χ0) is 17.9. The van der Waals surface area contributed by atoms with E-state index in [1.807, 2.05) is 18.2 Å². The van der Waals surface area contributed by atoms with Crippen molar-refractivity contribution in [3.05, 3.63) is 59.1 Å². The van der Waals surface area contributed by atoms with Crippen LogP contribution in [-0.4, -0.2) is 26.6 Å². The van der Waals surface area contributed by atoms with Crippen LogP contribution >= 0.6 is 23.4 Å². The molecule has 0 atom stereocenters. The van der Waals surface area contributed by atoms with Crippen LogP contribution in [0.3, 0.4) is 0 Å². The van der Waals surface area contributed by atoms with Crippen molar-refractivity contribution in [1.82, 2.24) is 20.2 Å². The Morgan fingerprint density at radius 2 is 1.88 bits per heavy atom. The summed E-state index contributed by atoms with van der Waals surface area (Å²) in [6.07, 6.45) is -4.73. The number of nitrogens with zero attached hydrogens (tertiary/aromatic N) is 4. The van der Waals surface area contributed by atoms with Gasteiger partial charge in [0.05, 0.1) is 5.69 Å². The smallest absolute Gasteiger partial charge is 0.406 e. The maximum Gasteiger partial charge on any atom is 0.573 e. The molecular weight excluding hydrogens is 377 g/mol. The second kappa shape index (κ2) is 7.32. The largest absolute Gasteiger partial charge is 0.573 e. The Labute approximate surface area is 149 Å². The van der Waals surface area contributed by atoms with Crippen molar-refractivity contribution in [3.63, 3.8) is 0 Å². The van der Waals surface area contributed by atoms with Crippen LogP contribution in [0.1, 0.15) is 5.56 Å². The second-order valence-electron chi connectivity index (χ2n) is 4.83. The molecule has 0 radical (unpaired) electrons. The Morgan fingerprint density at radius 1 is 1.12 bits per heavy atom. The van der Waals surface area contributed by atoms with E-state index in [0.717, 1.165) is 5.56 Å². The van der Waals surface area contributed by atoms with Crippen LogP contribution in [0, 0.1) is 0 Å². The molecule has 0 N–H and O–H groups in total. The van der Waals surface area contributed by atoms with Crippen LogP contribution in [0.4, 0.5) is 13.2 Å². The minimum Gasteiger partial charge on any atom is -0.406 e. The summed E-state index contributed by atoms with van der Waals surface area (Å²) in [7, 11) is 0. The van der Waals surface area contributed by atoms with Gasteiger partial charge in [-0.15, -0.1) is 18.3 Å². The van der Waals surface area contributed by atoms with E-state index in [0.29, 0.717) is 21.6 Å². The molecule has 0 aliphatic rings. The molecule has 0 bridgehead atoms.